The first-order chi connectivity index (χ1) is 40.3. The van der Waals surface area contributed by atoms with Crippen molar-refractivity contribution < 1.29 is 144 Å². The third kappa shape index (κ3) is 11.3. The zero-order valence-electron chi connectivity index (χ0n) is 48.1. The fourth-order valence-corrected chi connectivity index (χ4v) is 17.5. The van der Waals surface area contributed by atoms with E-state index in [-0.39, 0.29) is 52.4 Å². The van der Waals surface area contributed by atoms with Crippen LogP contribution in [-0.4, -0.2) is 304 Å². The second-order valence-electron chi connectivity index (χ2n) is 26.9. The van der Waals surface area contributed by atoms with Crippen LogP contribution < -0.4 is 0 Å². The summed E-state index contributed by atoms with van der Waals surface area (Å²) >= 11 is 0. The lowest BCUT2D eigenvalue weighted by atomic mass is 9.44. The van der Waals surface area contributed by atoms with Gasteiger partial charge in [-0.25, -0.2) is 0 Å². The van der Waals surface area contributed by atoms with Crippen molar-refractivity contribution in [3.63, 3.8) is 0 Å². The van der Waals surface area contributed by atoms with Crippen molar-refractivity contribution in [3.8, 4) is 0 Å². The topological polar surface area (TPSA) is 455 Å². The molecule has 11 fully saturated rings. The highest BCUT2D eigenvalue weighted by Gasteiger charge is 2.73. The van der Waals surface area contributed by atoms with E-state index in [1.165, 1.54) is 0 Å². The van der Waals surface area contributed by atoms with E-state index in [9.17, 15) is 86.8 Å². The molecule has 38 unspecified atom stereocenters. The van der Waals surface area contributed by atoms with Gasteiger partial charge in [-0.3, -0.25) is 0 Å². The fourth-order valence-electron chi connectivity index (χ4n) is 17.5. The van der Waals surface area contributed by atoms with E-state index >= 15 is 0 Å². The van der Waals surface area contributed by atoms with E-state index in [2.05, 4.69) is 27.7 Å². The molecule has 85 heavy (non-hydrogen) atoms. The van der Waals surface area contributed by atoms with Gasteiger partial charge in [-0.15, -0.1) is 0 Å². The highest BCUT2D eigenvalue weighted by atomic mass is 16.8. The molecular formula is C56H92O29. The molecule has 0 aromatic rings. The molecule has 7 heterocycles. The van der Waals surface area contributed by atoms with Crippen LogP contribution in [0, 0.1) is 52.3 Å². The molecule has 38 atom stereocenters. The summed E-state index contributed by atoms with van der Waals surface area (Å²) in [6.07, 6.45) is -38.6. The summed E-state index contributed by atoms with van der Waals surface area (Å²) in [5, 5.41) is 185. The smallest absolute Gasteiger partial charge is 0.187 e. The van der Waals surface area contributed by atoms with Gasteiger partial charge in [-0.05, 0) is 85.4 Å². The number of rotatable bonds is 15. The summed E-state index contributed by atoms with van der Waals surface area (Å²) in [4.78, 5) is 0. The average molecular weight is 1230 g/mol. The van der Waals surface area contributed by atoms with Crippen LogP contribution in [0.1, 0.15) is 79.1 Å². The number of aliphatic hydroxyl groups excluding tert-OH is 17. The number of fused-ring (bicyclic) bond motifs is 7. The molecule has 29 heteroatoms. The summed E-state index contributed by atoms with van der Waals surface area (Å²) in [5.74, 6) is 0.811. The molecule has 490 valence electrons. The van der Waals surface area contributed by atoms with Crippen LogP contribution in [0.3, 0.4) is 0 Å². The molecule has 1 spiro atoms. The van der Waals surface area contributed by atoms with Crippen molar-refractivity contribution in [2.45, 2.75) is 257 Å². The maximum Gasteiger partial charge on any atom is 0.187 e. The van der Waals surface area contributed by atoms with Crippen molar-refractivity contribution in [1.29, 1.82) is 0 Å². The van der Waals surface area contributed by atoms with Crippen LogP contribution in [0.2, 0.25) is 0 Å². The van der Waals surface area contributed by atoms with Gasteiger partial charge in [0.15, 0.2) is 37.2 Å². The Bertz CT molecular complexity index is 2210. The molecule has 7 saturated heterocycles. The van der Waals surface area contributed by atoms with Crippen LogP contribution in [0.15, 0.2) is 0 Å². The fraction of sp³-hybridized carbons (Fsp3) is 1.00. The van der Waals surface area contributed by atoms with Crippen molar-refractivity contribution in [2.24, 2.45) is 52.3 Å². The van der Waals surface area contributed by atoms with Gasteiger partial charge in [-0.2, -0.15) is 0 Å². The van der Waals surface area contributed by atoms with E-state index in [0.29, 0.717) is 25.4 Å². The van der Waals surface area contributed by atoms with Crippen LogP contribution in [0.25, 0.3) is 0 Å². The highest BCUT2D eigenvalue weighted by molar-refractivity contribution is 5.19. The molecule has 4 aliphatic carbocycles. The van der Waals surface area contributed by atoms with Gasteiger partial charge in [0.05, 0.1) is 64.1 Å². The third-order valence-electron chi connectivity index (χ3n) is 22.2. The predicted octanol–water partition coefficient (Wildman–Crippen LogP) is -6.50. The van der Waals surface area contributed by atoms with Crippen LogP contribution in [-0.2, 0) is 56.8 Å². The second-order valence-corrected chi connectivity index (χ2v) is 26.9. The van der Waals surface area contributed by atoms with Gasteiger partial charge in [0, 0.05) is 18.3 Å². The van der Waals surface area contributed by atoms with E-state index < -0.39 is 205 Å². The molecule has 0 aromatic heterocycles. The molecule has 0 aromatic carbocycles. The Labute approximate surface area is 491 Å². The molecular weight excluding hydrogens is 1140 g/mol. The van der Waals surface area contributed by atoms with E-state index in [1.54, 1.807) is 0 Å². The molecule has 0 radical (unpaired) electrons. The Hall–Kier alpha value is -1.16. The Balaban J connectivity index is 0.660. The first-order valence-corrected chi connectivity index (χ1v) is 30.5. The van der Waals surface area contributed by atoms with Gasteiger partial charge < -0.3 is 144 Å². The number of hydrogen-bond donors (Lipinski definition) is 17. The lowest BCUT2D eigenvalue weighted by molar-refractivity contribution is -0.388. The monoisotopic (exact) mass is 1230 g/mol. The maximum atomic E-state index is 12.2. The van der Waals surface area contributed by atoms with E-state index in [0.717, 1.165) is 38.5 Å². The van der Waals surface area contributed by atoms with E-state index in [1.807, 2.05) is 0 Å². The Morgan fingerprint density at radius 1 is 0.459 bits per heavy atom. The number of aliphatic hydroxyl groups is 17. The summed E-state index contributed by atoms with van der Waals surface area (Å²) < 4.78 is 70.9. The van der Waals surface area contributed by atoms with Crippen LogP contribution in [0.5, 0.6) is 0 Å². The minimum Gasteiger partial charge on any atom is -0.394 e. The molecule has 4 saturated carbocycles. The minimum absolute atomic E-state index is 0.0458. The molecule has 17 N–H and O–H groups in total. The van der Waals surface area contributed by atoms with Gasteiger partial charge in [0.1, 0.15) is 116 Å². The van der Waals surface area contributed by atoms with Crippen LogP contribution in [0.4, 0.5) is 0 Å². The van der Waals surface area contributed by atoms with E-state index in [4.69, 9.17) is 56.8 Å². The highest BCUT2D eigenvalue weighted by Crippen LogP contribution is 2.71. The summed E-state index contributed by atoms with van der Waals surface area (Å²) in [7, 11) is 0. The average Bonchev–Trinajstić information content (AvgIpc) is 1.82. The van der Waals surface area contributed by atoms with Gasteiger partial charge in [0.2, 0.25) is 0 Å². The Morgan fingerprint density at radius 2 is 0.941 bits per heavy atom. The molecule has 11 rings (SSSR count). The summed E-state index contributed by atoms with van der Waals surface area (Å²) in [6.45, 7) is 5.56. The number of ether oxygens (including phenoxy) is 12. The van der Waals surface area contributed by atoms with Gasteiger partial charge in [0.25, 0.3) is 0 Å². The van der Waals surface area contributed by atoms with Gasteiger partial charge >= 0.3 is 0 Å². The molecule has 7 aliphatic heterocycles. The lowest BCUT2D eigenvalue weighted by Gasteiger charge is -2.62. The SMILES string of the molecule is CC1CCC2(OC1)OC1C(O)C3C4CCC5CC(OC6OC(COC7OC(CO)C(OC8OC(CO)C(OC9OC(CO)C(OC%10OC(CO)C(O)C(O)C%10O)C(O)C9O)C(O)C8O)C(O)C7O)C(O)C6O)C(O)CC5(C)C4CCC3(C)C1C2C. The zero-order valence-corrected chi connectivity index (χ0v) is 48.1. The lowest BCUT2D eigenvalue weighted by Crippen LogP contribution is -2.67. The first-order valence-electron chi connectivity index (χ1n) is 30.5. The maximum absolute atomic E-state index is 12.2. The van der Waals surface area contributed by atoms with Crippen molar-refractivity contribution in [3.05, 3.63) is 0 Å². The Kier molecular flexibility index (Phi) is 19.5. The molecule has 29 nitrogen and oxygen atoms in total. The minimum atomic E-state index is -2.10. The standard InChI is InChI=1S/C56H92O29/c1-19-7-10-56(75-17-19)20(2)31-48(85-56)35(64)32-22-6-5-21-11-25(24(61)12-55(21,4)23(22)8-9-54(31,32)3)76-50-40(69)34(63)30(81-50)18-74-49-42(71)37(66)45(27(14-58)78-49)83-52-44(73)39(68)47(29(16-60)80-52)84-53-43(72)38(67)46(28(15-59)79-53)82-51-41(70)36(65)33(62)26(13-57)77-51/h19-53,57-73H,5-18H2,1-4H3. The number of hydrogen-bond acceptors (Lipinski definition) is 29. The normalized spacial score (nSPS) is 57.9. The predicted molar refractivity (Wildman–Crippen MR) is 278 cm³/mol. The second kappa shape index (κ2) is 25.4. The molecule has 11 aliphatic rings. The van der Waals surface area contributed by atoms with Crippen molar-refractivity contribution in [2.75, 3.05) is 39.6 Å². The van der Waals surface area contributed by atoms with Crippen molar-refractivity contribution in [1.82, 2.24) is 0 Å². The summed E-state index contributed by atoms with van der Waals surface area (Å²) in [6, 6.07) is 0. The summed E-state index contributed by atoms with van der Waals surface area (Å²) in [5.41, 5.74) is -0.392. The third-order valence-corrected chi connectivity index (χ3v) is 22.2. The largest absolute Gasteiger partial charge is 0.394 e. The van der Waals surface area contributed by atoms with Gasteiger partial charge in [-0.1, -0.05) is 27.7 Å². The quantitative estimate of drug-likeness (QED) is 0.0725. The zero-order chi connectivity index (χ0) is 61.1. The molecule has 0 bridgehead atoms. The molecule has 0 amide bonds. The van der Waals surface area contributed by atoms with Crippen molar-refractivity contribution >= 4 is 0 Å². The Morgan fingerprint density at radius 3 is 1.48 bits per heavy atom. The first kappa shape index (κ1) is 65.3. The van der Waals surface area contributed by atoms with Crippen LogP contribution >= 0.6 is 0 Å².